The number of fused-ring (bicyclic) bond motifs is 5. The Morgan fingerprint density at radius 3 is 2.19 bits per heavy atom. The number of rotatable bonds is 4. The van der Waals surface area contributed by atoms with E-state index in [9.17, 15) is 18.7 Å². The Bertz CT molecular complexity index is 1300. The van der Waals surface area contributed by atoms with Gasteiger partial charge in [0.25, 0.3) is 0 Å². The third-order valence-corrected chi connectivity index (χ3v) is 8.06. The van der Waals surface area contributed by atoms with Crippen molar-refractivity contribution in [1.82, 2.24) is 4.90 Å². The molecule has 192 valence electrons. The Hall–Kier alpha value is -3.29. The summed E-state index contributed by atoms with van der Waals surface area (Å²) >= 11 is 0. The normalized spacial score (nSPS) is 24.5. The highest BCUT2D eigenvalue weighted by Gasteiger charge is 2.49. The van der Waals surface area contributed by atoms with Crippen molar-refractivity contribution in [3.8, 4) is 11.1 Å². The van der Waals surface area contributed by atoms with Crippen molar-refractivity contribution in [1.29, 1.82) is 0 Å². The largest absolute Gasteiger partial charge is 0.448 e. The van der Waals surface area contributed by atoms with Gasteiger partial charge in [0.2, 0.25) is 0 Å². The van der Waals surface area contributed by atoms with Crippen molar-refractivity contribution in [2.75, 3.05) is 19.8 Å². The highest BCUT2D eigenvalue weighted by Crippen LogP contribution is 2.45. The van der Waals surface area contributed by atoms with E-state index < -0.39 is 35.4 Å². The summed E-state index contributed by atoms with van der Waals surface area (Å²) in [6.07, 6.45) is -0.0675. The molecule has 2 unspecified atom stereocenters. The predicted molar refractivity (Wildman–Crippen MR) is 134 cm³/mol. The van der Waals surface area contributed by atoms with E-state index in [-0.39, 0.29) is 56.1 Å². The topological polar surface area (TPSA) is 59.0 Å². The number of carbonyl (C=O) groups is 1. The molecule has 37 heavy (non-hydrogen) atoms. The van der Waals surface area contributed by atoms with E-state index >= 15 is 0 Å². The van der Waals surface area contributed by atoms with E-state index in [0.717, 1.165) is 22.3 Å². The highest BCUT2D eigenvalue weighted by atomic mass is 19.2. The van der Waals surface area contributed by atoms with Crippen LogP contribution in [-0.4, -0.2) is 53.6 Å². The van der Waals surface area contributed by atoms with Gasteiger partial charge in [-0.05, 0) is 53.1 Å². The van der Waals surface area contributed by atoms with Crippen molar-refractivity contribution in [3.05, 3.63) is 94.6 Å². The number of aliphatic hydroxyl groups is 1. The summed E-state index contributed by atoms with van der Waals surface area (Å²) in [7, 11) is 0. The van der Waals surface area contributed by atoms with Gasteiger partial charge in [0, 0.05) is 12.3 Å². The zero-order valence-electron chi connectivity index (χ0n) is 20.6. The van der Waals surface area contributed by atoms with Gasteiger partial charge in [0.1, 0.15) is 6.61 Å². The van der Waals surface area contributed by atoms with Gasteiger partial charge in [-0.2, -0.15) is 0 Å². The van der Waals surface area contributed by atoms with Crippen LogP contribution in [0.4, 0.5) is 13.6 Å². The molecule has 6 rings (SSSR count). The van der Waals surface area contributed by atoms with Gasteiger partial charge in [-0.15, -0.1) is 0 Å². The fourth-order valence-corrected chi connectivity index (χ4v) is 6.36. The number of morpholine rings is 1. The van der Waals surface area contributed by atoms with Crippen LogP contribution in [0.15, 0.2) is 60.7 Å². The maximum Gasteiger partial charge on any atom is 0.410 e. The molecule has 2 heterocycles. The minimum absolute atomic E-state index is 0.0262. The Morgan fingerprint density at radius 2 is 1.57 bits per heavy atom. The van der Waals surface area contributed by atoms with Crippen LogP contribution in [0.5, 0.6) is 0 Å². The second-order valence-electron chi connectivity index (χ2n) is 10.5. The molecule has 5 nitrogen and oxygen atoms in total. The number of aryl methyl sites for hydroxylation is 1. The predicted octanol–water partition coefficient (Wildman–Crippen LogP) is 5.36. The molecule has 1 aliphatic carbocycles. The molecule has 0 saturated carbocycles. The monoisotopic (exact) mass is 505 g/mol. The number of benzene rings is 3. The average molecular weight is 506 g/mol. The lowest BCUT2D eigenvalue weighted by atomic mass is 9.77. The maximum absolute atomic E-state index is 14.5. The molecule has 0 radical (unpaired) electrons. The molecule has 1 amide bonds. The van der Waals surface area contributed by atoms with E-state index in [1.165, 1.54) is 19.1 Å². The number of halogens is 2. The van der Waals surface area contributed by atoms with Crippen molar-refractivity contribution >= 4 is 6.09 Å². The maximum atomic E-state index is 14.5. The van der Waals surface area contributed by atoms with Crippen molar-refractivity contribution < 1.29 is 28.2 Å². The van der Waals surface area contributed by atoms with E-state index in [0.29, 0.717) is 0 Å². The zero-order chi connectivity index (χ0) is 25.7. The first-order chi connectivity index (χ1) is 17.8. The average Bonchev–Trinajstić information content (AvgIpc) is 3.21. The van der Waals surface area contributed by atoms with E-state index in [4.69, 9.17) is 9.47 Å². The SMILES string of the molecule is Cc1ccc(CC2(O)CC3COCC(C2)N3C(=O)OCC2c3ccccc3-c3ccccc32)c(F)c1F. The minimum atomic E-state index is -1.28. The smallest absolute Gasteiger partial charge is 0.410 e. The third kappa shape index (κ3) is 4.20. The van der Waals surface area contributed by atoms with Crippen LogP contribution in [0.1, 0.15) is 41.0 Å². The van der Waals surface area contributed by atoms with Gasteiger partial charge in [-0.25, -0.2) is 13.6 Å². The first-order valence-electron chi connectivity index (χ1n) is 12.7. The molecular weight excluding hydrogens is 476 g/mol. The molecule has 2 saturated heterocycles. The first kappa shape index (κ1) is 24.1. The summed E-state index contributed by atoms with van der Waals surface area (Å²) in [6.45, 7) is 2.23. The molecule has 0 aromatic heterocycles. The van der Waals surface area contributed by atoms with Crippen LogP contribution < -0.4 is 0 Å². The molecular formula is C30H29F2NO4. The summed E-state index contributed by atoms with van der Waals surface area (Å²) in [6, 6.07) is 18.6. The highest BCUT2D eigenvalue weighted by molar-refractivity contribution is 5.79. The number of hydrogen-bond acceptors (Lipinski definition) is 4. The van der Waals surface area contributed by atoms with E-state index in [1.54, 1.807) is 4.90 Å². The zero-order valence-corrected chi connectivity index (χ0v) is 20.6. The van der Waals surface area contributed by atoms with Crippen LogP contribution >= 0.6 is 0 Å². The summed E-state index contributed by atoms with van der Waals surface area (Å²) in [5, 5.41) is 11.4. The third-order valence-electron chi connectivity index (χ3n) is 8.06. The van der Waals surface area contributed by atoms with Crippen LogP contribution in [0, 0.1) is 18.6 Å². The molecule has 2 aliphatic heterocycles. The number of ether oxygens (including phenoxy) is 2. The van der Waals surface area contributed by atoms with E-state index in [1.807, 2.05) is 24.3 Å². The number of hydrogen-bond donors (Lipinski definition) is 1. The number of amides is 1. The lowest BCUT2D eigenvalue weighted by Gasteiger charge is -2.51. The lowest BCUT2D eigenvalue weighted by molar-refractivity contribution is -0.132. The van der Waals surface area contributed by atoms with Gasteiger partial charge >= 0.3 is 6.09 Å². The number of carbonyl (C=O) groups excluding carboxylic acids is 1. The summed E-state index contributed by atoms with van der Waals surface area (Å²) < 4.78 is 40.3. The van der Waals surface area contributed by atoms with Gasteiger partial charge in [0.05, 0.1) is 30.9 Å². The van der Waals surface area contributed by atoms with Crippen molar-refractivity contribution in [3.63, 3.8) is 0 Å². The van der Waals surface area contributed by atoms with Crippen LogP contribution in [-0.2, 0) is 15.9 Å². The van der Waals surface area contributed by atoms with Crippen molar-refractivity contribution in [2.24, 2.45) is 0 Å². The molecule has 2 bridgehead atoms. The Balaban J connectivity index is 1.17. The van der Waals surface area contributed by atoms with Crippen LogP contribution in [0.25, 0.3) is 11.1 Å². The summed E-state index contributed by atoms with van der Waals surface area (Å²) in [5.41, 5.74) is 3.69. The van der Waals surface area contributed by atoms with Gasteiger partial charge in [0.15, 0.2) is 11.6 Å². The second-order valence-corrected chi connectivity index (χ2v) is 10.5. The Kier molecular flexibility index (Phi) is 6.00. The number of piperidine rings is 1. The Morgan fingerprint density at radius 1 is 0.973 bits per heavy atom. The van der Waals surface area contributed by atoms with Gasteiger partial charge < -0.3 is 14.6 Å². The quantitative estimate of drug-likeness (QED) is 0.519. The van der Waals surface area contributed by atoms with Gasteiger partial charge in [-0.3, -0.25) is 4.90 Å². The molecule has 7 heteroatoms. The molecule has 3 aromatic carbocycles. The fraction of sp³-hybridized carbons (Fsp3) is 0.367. The lowest BCUT2D eigenvalue weighted by Crippen LogP contribution is -2.64. The summed E-state index contributed by atoms with van der Waals surface area (Å²) in [4.78, 5) is 15.0. The Labute approximate surface area is 214 Å². The second kappa shape index (κ2) is 9.23. The van der Waals surface area contributed by atoms with E-state index in [2.05, 4.69) is 24.3 Å². The standard InChI is InChI=1S/C30H29F2NO4/c1-18-10-11-19(28(32)27(18)31)12-30(35)13-20-15-36-16-21(14-30)33(20)29(34)37-17-26-24-8-4-2-6-22(24)23-7-3-5-9-25(23)26/h2-11,20-21,26,35H,12-17H2,1H3. The van der Waals surface area contributed by atoms with Crippen LogP contribution in [0.2, 0.25) is 0 Å². The first-order valence-corrected chi connectivity index (χ1v) is 12.7. The number of nitrogens with zero attached hydrogens (tertiary/aromatic N) is 1. The van der Waals surface area contributed by atoms with Crippen LogP contribution in [0.3, 0.4) is 0 Å². The molecule has 2 fully saturated rings. The fourth-order valence-electron chi connectivity index (χ4n) is 6.36. The van der Waals surface area contributed by atoms with Crippen molar-refractivity contribution in [2.45, 2.75) is 49.8 Å². The molecule has 0 spiro atoms. The molecule has 1 N–H and O–H groups in total. The molecule has 3 aliphatic rings. The minimum Gasteiger partial charge on any atom is -0.448 e. The molecule has 3 aromatic rings. The molecule has 2 atom stereocenters. The summed E-state index contributed by atoms with van der Waals surface area (Å²) in [5.74, 6) is -1.86. The van der Waals surface area contributed by atoms with Gasteiger partial charge in [-0.1, -0.05) is 60.7 Å².